The molecule has 0 aromatic heterocycles. The lowest BCUT2D eigenvalue weighted by Gasteiger charge is -2.33. The number of hydrogen-bond acceptors (Lipinski definition) is 8. The van der Waals surface area contributed by atoms with Crippen LogP contribution in [0.3, 0.4) is 0 Å². The third-order valence-electron chi connectivity index (χ3n) is 4.28. The van der Waals surface area contributed by atoms with Crippen LogP contribution in [0.2, 0.25) is 0 Å². The fraction of sp³-hybridized carbons (Fsp3) is 0.524. The van der Waals surface area contributed by atoms with E-state index >= 15 is 0 Å². The molecule has 0 bridgehead atoms. The SMILES string of the molecule is CC(=O)c1ccccc1C(=O)O.COC1CN(C)CC(C=O)CN(C)C1.NCC=O. The number of ether oxygens (including phenoxy) is 1. The van der Waals surface area contributed by atoms with Crippen molar-refractivity contribution in [2.75, 3.05) is 53.9 Å². The summed E-state index contributed by atoms with van der Waals surface area (Å²) in [5, 5.41) is 8.66. The third kappa shape index (κ3) is 10.9. The summed E-state index contributed by atoms with van der Waals surface area (Å²) in [4.78, 5) is 45.6. The summed E-state index contributed by atoms with van der Waals surface area (Å²) in [6, 6.07) is 6.16. The number of ketones is 1. The molecule has 0 aliphatic carbocycles. The molecular weight excluding hydrogens is 390 g/mol. The fourth-order valence-corrected chi connectivity index (χ4v) is 2.97. The standard InChI is InChI=1S/C10H20N2O2.C9H8O3.C2H5NO/c1-11-4-9(8-13)5-12(2)7-10(6-11)14-3;1-6(10)7-4-2-3-5-8(7)9(11)12;3-1-2-4/h8-10H,4-7H2,1-3H3;2-5H,1H3,(H,11,12);2H,1,3H2. The zero-order valence-electron chi connectivity index (χ0n) is 18.1. The van der Waals surface area contributed by atoms with Crippen LogP contribution in [-0.2, 0) is 14.3 Å². The number of carbonyl (C=O) groups excluding carboxylic acids is 3. The Balaban J connectivity index is 0.000000481. The molecule has 9 nitrogen and oxygen atoms in total. The molecule has 1 saturated heterocycles. The minimum absolute atomic E-state index is 0.0602. The number of aromatic carboxylic acids is 1. The summed E-state index contributed by atoms with van der Waals surface area (Å²) in [5.41, 5.74) is 4.97. The molecule has 30 heavy (non-hydrogen) atoms. The van der Waals surface area contributed by atoms with Gasteiger partial charge in [0.25, 0.3) is 0 Å². The third-order valence-corrected chi connectivity index (χ3v) is 4.28. The number of carboxylic acids is 1. The monoisotopic (exact) mass is 423 g/mol. The van der Waals surface area contributed by atoms with Crippen LogP contribution in [0.1, 0.15) is 27.6 Å². The van der Waals surface area contributed by atoms with Gasteiger partial charge < -0.3 is 35.0 Å². The lowest BCUT2D eigenvalue weighted by atomic mass is 10.1. The van der Waals surface area contributed by atoms with Crippen molar-refractivity contribution in [2.24, 2.45) is 11.7 Å². The Morgan fingerprint density at radius 2 is 1.57 bits per heavy atom. The molecule has 1 fully saturated rings. The quantitative estimate of drug-likeness (QED) is 0.511. The van der Waals surface area contributed by atoms with Gasteiger partial charge in [-0.15, -0.1) is 0 Å². The average molecular weight is 424 g/mol. The lowest BCUT2D eigenvalue weighted by Crippen LogP contribution is -2.46. The van der Waals surface area contributed by atoms with Crippen LogP contribution in [0.25, 0.3) is 0 Å². The maximum Gasteiger partial charge on any atom is 0.336 e. The summed E-state index contributed by atoms with van der Waals surface area (Å²) in [6.07, 6.45) is 1.96. The molecule has 1 heterocycles. The summed E-state index contributed by atoms with van der Waals surface area (Å²) in [7, 11) is 5.81. The molecule has 0 spiro atoms. The van der Waals surface area contributed by atoms with E-state index in [4.69, 9.17) is 14.6 Å². The second-order valence-corrected chi connectivity index (χ2v) is 7.01. The molecule has 3 N–H and O–H groups in total. The van der Waals surface area contributed by atoms with E-state index < -0.39 is 5.97 Å². The molecule has 1 aliphatic heterocycles. The van der Waals surface area contributed by atoms with Gasteiger partial charge in [0.05, 0.1) is 11.7 Å². The van der Waals surface area contributed by atoms with Crippen LogP contribution in [0, 0.1) is 5.92 Å². The van der Waals surface area contributed by atoms with Gasteiger partial charge in [0.2, 0.25) is 0 Å². The Hall–Kier alpha value is -2.46. The van der Waals surface area contributed by atoms with E-state index in [9.17, 15) is 14.4 Å². The van der Waals surface area contributed by atoms with Crippen molar-refractivity contribution < 1.29 is 29.0 Å². The topological polar surface area (TPSA) is 130 Å². The number of methoxy groups -OCH3 is 1. The van der Waals surface area contributed by atoms with Gasteiger partial charge in [0.1, 0.15) is 12.6 Å². The number of aldehydes is 2. The van der Waals surface area contributed by atoms with Crippen LogP contribution in [0.15, 0.2) is 24.3 Å². The first-order chi connectivity index (χ1) is 14.2. The van der Waals surface area contributed by atoms with Gasteiger partial charge in [-0.3, -0.25) is 4.79 Å². The first-order valence-electron chi connectivity index (χ1n) is 9.52. The molecule has 1 aromatic carbocycles. The zero-order valence-corrected chi connectivity index (χ0v) is 18.1. The minimum Gasteiger partial charge on any atom is -0.478 e. The molecule has 1 aliphatic rings. The second kappa shape index (κ2) is 15.4. The maximum atomic E-state index is 10.9. The Labute approximate surface area is 177 Å². The number of carboxylic acid groups (broad SMARTS) is 1. The van der Waals surface area contributed by atoms with E-state index in [1.807, 2.05) is 14.1 Å². The van der Waals surface area contributed by atoms with Gasteiger partial charge >= 0.3 is 5.97 Å². The van der Waals surface area contributed by atoms with Crippen LogP contribution in [0.4, 0.5) is 0 Å². The maximum absolute atomic E-state index is 10.9. The van der Waals surface area contributed by atoms with Crippen molar-refractivity contribution in [1.29, 1.82) is 0 Å². The predicted molar refractivity (Wildman–Crippen MR) is 114 cm³/mol. The van der Waals surface area contributed by atoms with Crippen molar-refractivity contribution in [3.8, 4) is 0 Å². The summed E-state index contributed by atoms with van der Waals surface area (Å²) in [5.74, 6) is -1.17. The second-order valence-electron chi connectivity index (χ2n) is 7.01. The Kier molecular flexibility index (Phi) is 14.1. The highest BCUT2D eigenvalue weighted by Gasteiger charge is 2.22. The molecule has 0 unspecified atom stereocenters. The number of hydrogen-bond donors (Lipinski definition) is 2. The molecule has 9 heteroatoms. The first kappa shape index (κ1) is 27.5. The van der Waals surface area contributed by atoms with Crippen molar-refractivity contribution in [3.05, 3.63) is 35.4 Å². The minimum atomic E-state index is -1.07. The molecule has 1 aromatic rings. The van der Waals surface area contributed by atoms with Gasteiger partial charge in [0.15, 0.2) is 5.78 Å². The molecule has 0 radical (unpaired) electrons. The fourth-order valence-electron chi connectivity index (χ4n) is 2.97. The van der Waals surface area contributed by atoms with Crippen LogP contribution >= 0.6 is 0 Å². The van der Waals surface area contributed by atoms with E-state index in [0.717, 1.165) is 32.5 Å². The number of benzene rings is 1. The summed E-state index contributed by atoms with van der Waals surface area (Å²) in [6.45, 7) is 4.93. The van der Waals surface area contributed by atoms with Gasteiger partial charge in [-0.1, -0.05) is 18.2 Å². The van der Waals surface area contributed by atoms with E-state index in [2.05, 4.69) is 15.5 Å². The number of likely N-dealkylation sites (N-methyl/N-ethyl adjacent to an activating group) is 2. The zero-order chi connectivity index (χ0) is 23.1. The van der Waals surface area contributed by atoms with Gasteiger partial charge in [-0.25, -0.2) is 4.79 Å². The number of rotatable bonds is 5. The van der Waals surface area contributed by atoms with E-state index in [1.54, 1.807) is 19.2 Å². The van der Waals surface area contributed by atoms with E-state index in [1.165, 1.54) is 19.1 Å². The van der Waals surface area contributed by atoms with Crippen LogP contribution in [0.5, 0.6) is 0 Å². The number of nitrogens with zero attached hydrogens (tertiary/aromatic N) is 2. The van der Waals surface area contributed by atoms with Gasteiger partial charge in [-0.2, -0.15) is 0 Å². The molecule has 0 amide bonds. The highest BCUT2D eigenvalue weighted by atomic mass is 16.5. The van der Waals surface area contributed by atoms with Gasteiger partial charge in [0, 0.05) is 51.3 Å². The van der Waals surface area contributed by atoms with Crippen LogP contribution < -0.4 is 5.73 Å². The number of carbonyl (C=O) groups is 4. The smallest absolute Gasteiger partial charge is 0.336 e. The highest BCUT2D eigenvalue weighted by Crippen LogP contribution is 2.09. The number of Topliss-reactive ketones (excluding diaryl/α,β-unsaturated/α-hetero) is 1. The lowest BCUT2D eigenvalue weighted by molar-refractivity contribution is -0.113. The molecule has 168 valence electrons. The van der Waals surface area contributed by atoms with Crippen molar-refractivity contribution in [1.82, 2.24) is 9.80 Å². The predicted octanol–water partition coefficient (Wildman–Crippen LogP) is 0.425. The first-order valence-corrected chi connectivity index (χ1v) is 9.52. The summed E-state index contributed by atoms with van der Waals surface area (Å²) >= 11 is 0. The summed E-state index contributed by atoms with van der Waals surface area (Å²) < 4.78 is 5.36. The average Bonchev–Trinajstić information content (AvgIpc) is 2.71. The Bertz CT molecular complexity index is 635. The van der Waals surface area contributed by atoms with E-state index in [-0.39, 0.29) is 35.5 Å². The Morgan fingerprint density at radius 1 is 1.10 bits per heavy atom. The van der Waals surface area contributed by atoms with Crippen LogP contribution in [-0.4, -0.2) is 99.3 Å². The molecule has 0 saturated carbocycles. The number of nitrogens with two attached hydrogens (primary N) is 1. The van der Waals surface area contributed by atoms with Gasteiger partial charge in [-0.05, 0) is 27.1 Å². The van der Waals surface area contributed by atoms with Crippen molar-refractivity contribution in [2.45, 2.75) is 13.0 Å². The molecular formula is C21H33N3O6. The largest absolute Gasteiger partial charge is 0.478 e. The Morgan fingerprint density at radius 3 is 1.87 bits per heavy atom. The molecule has 0 atom stereocenters. The van der Waals surface area contributed by atoms with E-state index in [0.29, 0.717) is 6.29 Å². The highest BCUT2D eigenvalue weighted by molar-refractivity contribution is 6.04. The molecule has 2 rings (SSSR count). The van der Waals surface area contributed by atoms with Crippen molar-refractivity contribution >= 4 is 24.3 Å². The normalized spacial score (nSPS) is 19.6. The van der Waals surface area contributed by atoms with Crippen molar-refractivity contribution in [3.63, 3.8) is 0 Å².